The maximum absolute atomic E-state index is 11.6. The molecule has 0 atom stereocenters. The third-order valence-electron chi connectivity index (χ3n) is 3.43. The van der Waals surface area contributed by atoms with Gasteiger partial charge in [0.1, 0.15) is 0 Å². The van der Waals surface area contributed by atoms with Crippen LogP contribution in [0.1, 0.15) is 44.9 Å². The fraction of sp³-hybridized carbons (Fsp3) is 0.588. The summed E-state index contributed by atoms with van der Waals surface area (Å²) in [5.41, 5.74) is 0. The molecule has 6 heteroatoms. The number of hydrogen-bond donors (Lipinski definition) is 1. The highest BCUT2D eigenvalue weighted by Gasteiger charge is 2.01. The second-order valence-electron chi connectivity index (χ2n) is 5.39. The number of esters is 1. The number of rotatable bonds is 13. The lowest BCUT2D eigenvalue weighted by Crippen LogP contribution is -2.25. The zero-order chi connectivity index (χ0) is 16.8. The Morgan fingerprint density at radius 1 is 1.17 bits per heavy atom. The van der Waals surface area contributed by atoms with Crippen molar-refractivity contribution < 1.29 is 14.3 Å². The molecular weight excluding hydrogens is 294 g/mol. The van der Waals surface area contributed by atoms with Crippen LogP contribution < -0.4 is 5.32 Å². The van der Waals surface area contributed by atoms with Crippen LogP contribution in [0.4, 0.5) is 0 Å². The van der Waals surface area contributed by atoms with E-state index < -0.39 is 5.97 Å². The first-order chi connectivity index (χ1) is 11.2. The number of aromatic nitrogens is 2. The highest BCUT2D eigenvalue weighted by Crippen LogP contribution is 2.06. The molecule has 1 amide bonds. The molecule has 0 radical (unpaired) electrons. The van der Waals surface area contributed by atoms with E-state index in [2.05, 4.69) is 21.4 Å². The molecule has 1 aromatic rings. The van der Waals surface area contributed by atoms with Crippen molar-refractivity contribution in [2.75, 3.05) is 13.2 Å². The average Bonchev–Trinajstić information content (AvgIpc) is 3.06. The number of aryl methyl sites for hydroxylation is 1. The van der Waals surface area contributed by atoms with Crippen molar-refractivity contribution in [1.82, 2.24) is 14.9 Å². The zero-order valence-electron chi connectivity index (χ0n) is 13.7. The number of amides is 1. The standard InChI is InChI=1S/C17H27N3O3/c1-2-17(22)23-14-8-10-19-16(21)9-6-4-3-5-7-12-20-13-11-18-15-20/h2,11,13,15H,1,3-10,12,14H2,(H,19,21). The van der Waals surface area contributed by atoms with Gasteiger partial charge >= 0.3 is 5.97 Å². The molecule has 128 valence electrons. The molecule has 1 aromatic heterocycles. The fourth-order valence-corrected chi connectivity index (χ4v) is 2.15. The van der Waals surface area contributed by atoms with Gasteiger partial charge in [0, 0.05) is 38.0 Å². The van der Waals surface area contributed by atoms with Gasteiger partial charge in [-0.25, -0.2) is 9.78 Å². The fourth-order valence-electron chi connectivity index (χ4n) is 2.15. The Kier molecular flexibility index (Phi) is 10.2. The summed E-state index contributed by atoms with van der Waals surface area (Å²) in [6.07, 6.45) is 13.4. The number of nitrogens with zero attached hydrogens (tertiary/aromatic N) is 2. The second kappa shape index (κ2) is 12.4. The molecular formula is C17H27N3O3. The van der Waals surface area contributed by atoms with Crippen LogP contribution in [-0.4, -0.2) is 34.6 Å². The molecule has 0 saturated heterocycles. The van der Waals surface area contributed by atoms with E-state index in [1.165, 1.54) is 6.42 Å². The first-order valence-electron chi connectivity index (χ1n) is 8.24. The van der Waals surface area contributed by atoms with E-state index in [0.717, 1.165) is 38.3 Å². The van der Waals surface area contributed by atoms with Gasteiger partial charge in [0.25, 0.3) is 0 Å². The first kappa shape index (κ1) is 18.9. The lowest BCUT2D eigenvalue weighted by molar-refractivity contribution is -0.137. The van der Waals surface area contributed by atoms with Crippen molar-refractivity contribution in [2.24, 2.45) is 0 Å². The minimum atomic E-state index is -0.427. The van der Waals surface area contributed by atoms with E-state index >= 15 is 0 Å². The summed E-state index contributed by atoms with van der Waals surface area (Å²) in [4.78, 5) is 26.4. The molecule has 1 rings (SSSR count). The van der Waals surface area contributed by atoms with E-state index in [-0.39, 0.29) is 5.91 Å². The number of imidazole rings is 1. The van der Waals surface area contributed by atoms with Crippen LogP contribution in [0.25, 0.3) is 0 Å². The first-order valence-corrected chi connectivity index (χ1v) is 8.24. The van der Waals surface area contributed by atoms with Crippen LogP contribution in [-0.2, 0) is 20.9 Å². The molecule has 1 N–H and O–H groups in total. The van der Waals surface area contributed by atoms with E-state index in [0.29, 0.717) is 26.0 Å². The number of nitrogens with one attached hydrogen (secondary N) is 1. The number of hydrogen-bond acceptors (Lipinski definition) is 4. The van der Waals surface area contributed by atoms with Crippen LogP contribution >= 0.6 is 0 Å². The van der Waals surface area contributed by atoms with Gasteiger partial charge < -0.3 is 14.6 Å². The van der Waals surface area contributed by atoms with Crippen LogP contribution in [0.15, 0.2) is 31.4 Å². The van der Waals surface area contributed by atoms with Crippen LogP contribution in [0.3, 0.4) is 0 Å². The van der Waals surface area contributed by atoms with E-state index in [1.54, 1.807) is 6.20 Å². The second-order valence-corrected chi connectivity index (χ2v) is 5.39. The summed E-state index contributed by atoms with van der Waals surface area (Å²) in [6.45, 7) is 5.17. The van der Waals surface area contributed by atoms with Gasteiger partial charge in [0.05, 0.1) is 12.9 Å². The molecule has 0 aliphatic carbocycles. The topological polar surface area (TPSA) is 73.2 Å². The van der Waals surface area contributed by atoms with E-state index in [1.807, 2.05) is 12.5 Å². The summed E-state index contributed by atoms with van der Waals surface area (Å²) in [7, 11) is 0. The van der Waals surface area contributed by atoms with Crippen LogP contribution in [0.2, 0.25) is 0 Å². The predicted octanol–water partition coefficient (Wildman–Crippen LogP) is 2.46. The Hall–Kier alpha value is -2.11. The molecule has 0 aromatic carbocycles. The summed E-state index contributed by atoms with van der Waals surface area (Å²) >= 11 is 0. The minimum absolute atomic E-state index is 0.0680. The Labute approximate surface area is 137 Å². The van der Waals surface area contributed by atoms with E-state index in [4.69, 9.17) is 4.74 Å². The molecule has 0 aliphatic heterocycles. The molecule has 6 nitrogen and oxygen atoms in total. The lowest BCUT2D eigenvalue weighted by atomic mass is 10.1. The molecule has 1 heterocycles. The maximum Gasteiger partial charge on any atom is 0.330 e. The smallest absolute Gasteiger partial charge is 0.330 e. The zero-order valence-corrected chi connectivity index (χ0v) is 13.7. The summed E-state index contributed by atoms with van der Waals surface area (Å²) in [6, 6.07) is 0. The molecule has 0 bridgehead atoms. The van der Waals surface area contributed by atoms with Gasteiger partial charge in [-0.2, -0.15) is 0 Å². The van der Waals surface area contributed by atoms with Gasteiger partial charge in [0.15, 0.2) is 0 Å². The maximum atomic E-state index is 11.6. The SMILES string of the molecule is C=CC(=O)OCCCNC(=O)CCCCCCCn1ccnc1. The lowest BCUT2D eigenvalue weighted by Gasteiger charge is -2.06. The normalized spacial score (nSPS) is 10.3. The Balaban J connectivity index is 1.84. The molecule has 0 saturated carbocycles. The van der Waals surface area contributed by atoms with Gasteiger partial charge in [-0.1, -0.05) is 25.8 Å². The Morgan fingerprint density at radius 2 is 1.96 bits per heavy atom. The molecule has 23 heavy (non-hydrogen) atoms. The largest absolute Gasteiger partial charge is 0.462 e. The minimum Gasteiger partial charge on any atom is -0.462 e. The third kappa shape index (κ3) is 10.3. The van der Waals surface area contributed by atoms with Crippen LogP contribution in [0.5, 0.6) is 0 Å². The van der Waals surface area contributed by atoms with Gasteiger partial charge in [-0.3, -0.25) is 4.79 Å². The third-order valence-corrected chi connectivity index (χ3v) is 3.43. The number of carbonyl (C=O) groups excluding carboxylic acids is 2. The highest BCUT2D eigenvalue weighted by molar-refractivity contribution is 5.81. The van der Waals surface area contributed by atoms with Crippen molar-refractivity contribution in [3.63, 3.8) is 0 Å². The highest BCUT2D eigenvalue weighted by atomic mass is 16.5. The van der Waals surface area contributed by atoms with E-state index in [9.17, 15) is 9.59 Å². The van der Waals surface area contributed by atoms with Gasteiger partial charge in [-0.15, -0.1) is 0 Å². The Morgan fingerprint density at radius 3 is 2.70 bits per heavy atom. The van der Waals surface area contributed by atoms with Gasteiger partial charge in [0.2, 0.25) is 5.91 Å². The van der Waals surface area contributed by atoms with Crippen molar-refractivity contribution in [3.8, 4) is 0 Å². The van der Waals surface area contributed by atoms with Crippen LogP contribution in [0, 0.1) is 0 Å². The predicted molar refractivity (Wildman–Crippen MR) is 88.7 cm³/mol. The van der Waals surface area contributed by atoms with Crippen molar-refractivity contribution >= 4 is 11.9 Å². The Bertz CT molecular complexity index is 458. The summed E-state index contributed by atoms with van der Waals surface area (Å²) in [5.74, 6) is -0.358. The number of ether oxygens (including phenoxy) is 1. The van der Waals surface area contributed by atoms with Crippen molar-refractivity contribution in [1.29, 1.82) is 0 Å². The number of unbranched alkanes of at least 4 members (excludes halogenated alkanes) is 4. The van der Waals surface area contributed by atoms with Crippen molar-refractivity contribution in [2.45, 2.75) is 51.5 Å². The van der Waals surface area contributed by atoms with Crippen molar-refractivity contribution in [3.05, 3.63) is 31.4 Å². The monoisotopic (exact) mass is 321 g/mol. The summed E-state index contributed by atoms with van der Waals surface area (Å²) in [5, 5.41) is 2.83. The van der Waals surface area contributed by atoms with Gasteiger partial charge in [-0.05, 0) is 19.3 Å². The molecule has 0 aliphatic rings. The number of carbonyl (C=O) groups is 2. The molecule has 0 fully saturated rings. The quantitative estimate of drug-likeness (QED) is 0.344. The molecule has 0 unspecified atom stereocenters. The molecule has 0 spiro atoms. The summed E-state index contributed by atoms with van der Waals surface area (Å²) < 4.78 is 6.91. The average molecular weight is 321 g/mol.